The van der Waals surface area contributed by atoms with E-state index in [0.717, 1.165) is 0 Å². The number of nitrogens with zero attached hydrogens (tertiary/aromatic N) is 1. The molecule has 0 unspecified atom stereocenters. The van der Waals surface area contributed by atoms with Gasteiger partial charge in [-0.25, -0.2) is 0 Å². The van der Waals surface area contributed by atoms with Crippen molar-refractivity contribution in [1.29, 1.82) is 0 Å². The van der Waals surface area contributed by atoms with Gasteiger partial charge in [-0.05, 0) is 55.9 Å². The third-order valence-electron chi connectivity index (χ3n) is 3.60. The summed E-state index contributed by atoms with van der Waals surface area (Å²) in [5.41, 5.74) is 5.75. The van der Waals surface area contributed by atoms with E-state index in [1.807, 2.05) is 32.1 Å². The van der Waals surface area contributed by atoms with Crippen LogP contribution >= 0.6 is 7.92 Å². The molecule has 1 aliphatic rings. The van der Waals surface area contributed by atoms with Gasteiger partial charge in [-0.3, -0.25) is 0 Å². The first-order chi connectivity index (χ1) is 12.9. The van der Waals surface area contributed by atoms with Crippen molar-refractivity contribution in [2.75, 3.05) is 0 Å². The Morgan fingerprint density at radius 3 is 0.893 bits per heavy atom. The van der Waals surface area contributed by atoms with Crippen molar-refractivity contribution in [3.8, 4) is 0 Å². The van der Waals surface area contributed by atoms with Crippen LogP contribution in [0.1, 0.15) is 0 Å². The van der Waals surface area contributed by atoms with Crippen LogP contribution < -0.4 is 21.5 Å². The molecule has 0 atom stereocenters. The van der Waals surface area contributed by atoms with E-state index in [0.29, 0.717) is 0 Å². The number of hydrogen-bond donors (Lipinski definition) is 0. The van der Waals surface area contributed by atoms with E-state index in [2.05, 4.69) is 91.0 Å². The minimum absolute atomic E-state index is 0. The Morgan fingerprint density at radius 2 is 0.679 bits per heavy atom. The topological polar surface area (TPSA) is 39.4 Å². The van der Waals surface area contributed by atoms with Gasteiger partial charge in [0.15, 0.2) is 0 Å². The molecule has 1 aliphatic carbocycles. The molecule has 1 fully saturated rings. The Hall–Kier alpha value is -1.65. The Morgan fingerprint density at radius 1 is 0.464 bits per heavy atom. The standard InChI is InChI=1S/C18H15P.C5H5.CH3.NO.Re/c1-4-10-16(11-5-1)19(17-12-6-2-7-13-17)18-14-8-3-9-15-18;1-2-4-5-3-1;;1-2;/h1-15H;1-5H;1H3;;/q;;-1;;. The molecule has 0 heterocycles. The zero-order valence-corrected chi connectivity index (χ0v) is 19.3. The van der Waals surface area contributed by atoms with Gasteiger partial charge in [-0.2, -0.15) is 0 Å². The van der Waals surface area contributed by atoms with Gasteiger partial charge < -0.3 is 7.43 Å². The molecule has 0 saturated heterocycles. The molecular weight excluding hydrogens is 535 g/mol. The van der Waals surface area contributed by atoms with Crippen LogP contribution in [-0.4, -0.2) is 0 Å². The second-order valence-corrected chi connectivity index (χ2v) is 7.52. The van der Waals surface area contributed by atoms with Gasteiger partial charge >= 0.3 is 0 Å². The van der Waals surface area contributed by atoms with Gasteiger partial charge in [-0.15, -0.1) is 4.91 Å². The summed E-state index contributed by atoms with van der Waals surface area (Å²) in [7, 11) is -0.446. The van der Waals surface area contributed by atoms with Crippen molar-refractivity contribution in [3.63, 3.8) is 0 Å². The average Bonchev–Trinajstić information content (AvgIpc) is 3.33. The summed E-state index contributed by atoms with van der Waals surface area (Å²) in [6.07, 6.45) is 10.0. The predicted octanol–water partition coefficient (Wildman–Crippen LogP) is 4.47. The second kappa shape index (κ2) is 16.3. The van der Waals surface area contributed by atoms with E-state index in [-0.39, 0.29) is 27.8 Å². The van der Waals surface area contributed by atoms with Gasteiger partial charge in [0, 0.05) is 20.4 Å². The SMILES string of the molecule is [CH3-].[CH]1[CH][CH][CH][CH]1.[N]=O.[Re].c1ccc(P(c2ccccc2)c2ccccc2)cc1. The summed E-state index contributed by atoms with van der Waals surface area (Å²) in [5.74, 6) is 0. The van der Waals surface area contributed by atoms with Gasteiger partial charge in [0.1, 0.15) is 5.59 Å². The molecule has 1 saturated carbocycles. The maximum absolute atomic E-state index is 7.25. The molecule has 7 radical (unpaired) electrons. The summed E-state index contributed by atoms with van der Waals surface area (Å²) < 4.78 is 0. The van der Waals surface area contributed by atoms with E-state index in [1.165, 1.54) is 15.9 Å². The molecule has 4 rings (SSSR count). The van der Waals surface area contributed by atoms with E-state index < -0.39 is 7.92 Å². The van der Waals surface area contributed by atoms with E-state index in [4.69, 9.17) is 10.5 Å². The Labute approximate surface area is 185 Å². The number of nitroso groups, excluding NO2 is 1. The van der Waals surface area contributed by atoms with Crippen molar-refractivity contribution in [1.82, 2.24) is 5.59 Å². The van der Waals surface area contributed by atoms with E-state index in [9.17, 15) is 0 Å². The Balaban J connectivity index is 0.000000699. The largest absolute Gasteiger partial charge is 0.358 e. The van der Waals surface area contributed by atoms with Gasteiger partial charge in [0.2, 0.25) is 0 Å². The zero-order chi connectivity index (χ0) is 18.5. The summed E-state index contributed by atoms with van der Waals surface area (Å²) in [6, 6.07) is 32.3. The summed E-state index contributed by atoms with van der Waals surface area (Å²) in [5, 5.41) is 4.19. The van der Waals surface area contributed by atoms with Crippen LogP contribution in [0.4, 0.5) is 0 Å². The molecule has 28 heavy (non-hydrogen) atoms. The molecule has 3 aromatic carbocycles. The summed E-state index contributed by atoms with van der Waals surface area (Å²) in [6.45, 7) is 0. The van der Waals surface area contributed by atoms with Crippen LogP contribution in [0.3, 0.4) is 0 Å². The number of rotatable bonds is 3. The molecule has 0 amide bonds. The smallest absolute Gasteiger partial charge is 0.120 e. The van der Waals surface area contributed by atoms with Crippen LogP contribution in [0, 0.1) is 44.4 Å². The van der Waals surface area contributed by atoms with Crippen molar-refractivity contribution < 1.29 is 20.4 Å². The van der Waals surface area contributed by atoms with Crippen LogP contribution in [-0.2, 0) is 20.4 Å². The third-order valence-corrected chi connectivity index (χ3v) is 6.04. The fourth-order valence-electron chi connectivity index (χ4n) is 2.50. The molecule has 0 aliphatic heterocycles. The molecule has 0 bridgehead atoms. The molecule has 2 nitrogen and oxygen atoms in total. The minimum atomic E-state index is -0.446. The van der Waals surface area contributed by atoms with E-state index >= 15 is 0 Å². The molecule has 143 valence electrons. The number of hydrogen-bond acceptors (Lipinski definition) is 1. The molecule has 0 aromatic heterocycles. The zero-order valence-electron chi connectivity index (χ0n) is 15.7. The van der Waals surface area contributed by atoms with Gasteiger partial charge in [0.25, 0.3) is 0 Å². The van der Waals surface area contributed by atoms with Gasteiger partial charge in [-0.1, -0.05) is 91.0 Å². The molecule has 0 N–H and O–H groups in total. The number of benzene rings is 3. The third kappa shape index (κ3) is 8.58. The minimum Gasteiger partial charge on any atom is -0.358 e. The average molecular weight is 559 g/mol. The summed E-state index contributed by atoms with van der Waals surface area (Å²) in [4.78, 5) is 7.25. The van der Waals surface area contributed by atoms with Crippen molar-refractivity contribution in [2.45, 2.75) is 0 Å². The van der Waals surface area contributed by atoms with Crippen LogP contribution in [0.2, 0.25) is 0 Å². The first kappa shape index (κ1) is 26.4. The normalized spacial score (nSPS) is 11.6. The van der Waals surface area contributed by atoms with Crippen LogP contribution in [0.5, 0.6) is 0 Å². The fourth-order valence-corrected chi connectivity index (χ4v) is 4.80. The monoisotopic (exact) mass is 559 g/mol. The van der Waals surface area contributed by atoms with Crippen LogP contribution in [0.25, 0.3) is 0 Å². The molecule has 4 heteroatoms. The first-order valence-corrected chi connectivity index (χ1v) is 9.59. The predicted molar refractivity (Wildman–Crippen MR) is 119 cm³/mol. The molecule has 3 aromatic rings. The maximum atomic E-state index is 7.25. The van der Waals surface area contributed by atoms with Crippen molar-refractivity contribution in [2.24, 2.45) is 0 Å². The molecular formula is C24H23NOPRe-. The summed E-state index contributed by atoms with van der Waals surface area (Å²) >= 11 is 0. The van der Waals surface area contributed by atoms with Crippen molar-refractivity contribution in [3.05, 3.63) is 135 Å². The fraction of sp³-hybridized carbons (Fsp3) is 0. The second-order valence-electron chi connectivity index (χ2n) is 5.30. The van der Waals surface area contributed by atoms with Gasteiger partial charge in [0.05, 0.1) is 0 Å². The first-order valence-electron chi connectivity index (χ1n) is 8.25. The van der Waals surface area contributed by atoms with Crippen molar-refractivity contribution >= 4 is 23.8 Å². The Kier molecular flexibility index (Phi) is 15.4. The molecule has 0 spiro atoms. The quantitative estimate of drug-likeness (QED) is 0.346. The van der Waals surface area contributed by atoms with E-state index in [1.54, 1.807) is 0 Å². The van der Waals surface area contributed by atoms with Crippen LogP contribution in [0.15, 0.2) is 91.0 Å². The maximum Gasteiger partial charge on any atom is 0.120 e. The Bertz CT molecular complexity index is 620.